The minimum Gasteiger partial charge on any atom is -0.487 e. The number of methoxy groups -OCH3 is 1. The maximum absolute atomic E-state index is 12.2. The standard InChI is InChI=1S/C20H24N2O4/c1-21-12-6-9-19(23)22-17-13-16(20(24)25-2)10-11-18(17)26-14-15-7-4-3-5-8-15/h3-5,7-8,10-11,13,21H,6,9,12,14H2,1-2H3,(H,22,23). The summed E-state index contributed by atoms with van der Waals surface area (Å²) in [7, 11) is 3.16. The molecule has 0 bridgehead atoms. The SMILES string of the molecule is CNCCCC(=O)Nc1cc(C(=O)OC)ccc1OCc1ccccc1. The largest absolute Gasteiger partial charge is 0.487 e. The molecule has 2 rings (SSSR count). The summed E-state index contributed by atoms with van der Waals surface area (Å²) in [6.45, 7) is 1.12. The Morgan fingerprint density at radius 2 is 1.85 bits per heavy atom. The number of carbonyl (C=O) groups is 2. The summed E-state index contributed by atoms with van der Waals surface area (Å²) in [6, 6.07) is 14.6. The Bertz CT molecular complexity index is 732. The highest BCUT2D eigenvalue weighted by molar-refractivity contribution is 5.96. The fourth-order valence-electron chi connectivity index (χ4n) is 2.37. The molecular weight excluding hydrogens is 332 g/mol. The van der Waals surface area contributed by atoms with E-state index in [9.17, 15) is 9.59 Å². The van der Waals surface area contributed by atoms with Crippen LogP contribution in [-0.4, -0.2) is 32.6 Å². The zero-order valence-corrected chi connectivity index (χ0v) is 15.1. The maximum Gasteiger partial charge on any atom is 0.337 e. The van der Waals surface area contributed by atoms with Crippen LogP contribution in [0.2, 0.25) is 0 Å². The molecule has 138 valence electrons. The Labute approximate surface area is 153 Å². The molecule has 1 amide bonds. The molecule has 0 aliphatic heterocycles. The molecule has 0 aliphatic carbocycles. The summed E-state index contributed by atoms with van der Waals surface area (Å²) in [5.74, 6) is -0.0967. The second-order valence-corrected chi connectivity index (χ2v) is 5.73. The molecule has 0 spiro atoms. The van der Waals surface area contributed by atoms with Gasteiger partial charge >= 0.3 is 5.97 Å². The van der Waals surface area contributed by atoms with Crippen molar-refractivity contribution in [1.29, 1.82) is 0 Å². The smallest absolute Gasteiger partial charge is 0.337 e. The zero-order valence-electron chi connectivity index (χ0n) is 15.1. The van der Waals surface area contributed by atoms with Gasteiger partial charge in [-0.05, 0) is 43.8 Å². The van der Waals surface area contributed by atoms with Gasteiger partial charge in [-0.1, -0.05) is 30.3 Å². The monoisotopic (exact) mass is 356 g/mol. The third-order valence-corrected chi connectivity index (χ3v) is 3.74. The summed E-state index contributed by atoms with van der Waals surface area (Å²) in [5.41, 5.74) is 1.82. The Balaban J connectivity index is 2.14. The van der Waals surface area contributed by atoms with E-state index in [1.165, 1.54) is 7.11 Å². The van der Waals surface area contributed by atoms with Gasteiger partial charge in [0.15, 0.2) is 0 Å². The molecule has 2 aromatic carbocycles. The fourth-order valence-corrected chi connectivity index (χ4v) is 2.37. The first-order valence-electron chi connectivity index (χ1n) is 8.47. The van der Waals surface area contributed by atoms with Crippen LogP contribution in [-0.2, 0) is 16.1 Å². The van der Waals surface area contributed by atoms with Gasteiger partial charge in [-0.25, -0.2) is 4.79 Å². The zero-order chi connectivity index (χ0) is 18.8. The summed E-state index contributed by atoms with van der Waals surface area (Å²) in [5, 5.41) is 5.83. The fraction of sp³-hybridized carbons (Fsp3) is 0.300. The molecule has 6 heteroatoms. The van der Waals surface area contributed by atoms with Crippen LogP contribution in [0.15, 0.2) is 48.5 Å². The van der Waals surface area contributed by atoms with Crippen molar-refractivity contribution in [3.05, 3.63) is 59.7 Å². The number of carbonyl (C=O) groups excluding carboxylic acids is 2. The number of rotatable bonds is 9. The van der Waals surface area contributed by atoms with Crippen LogP contribution in [0.5, 0.6) is 5.75 Å². The van der Waals surface area contributed by atoms with E-state index < -0.39 is 5.97 Å². The molecule has 2 aromatic rings. The van der Waals surface area contributed by atoms with Crippen molar-refractivity contribution in [2.45, 2.75) is 19.4 Å². The summed E-state index contributed by atoms with van der Waals surface area (Å²) < 4.78 is 10.6. The van der Waals surface area contributed by atoms with E-state index >= 15 is 0 Å². The number of benzene rings is 2. The number of anilines is 1. The van der Waals surface area contributed by atoms with Crippen LogP contribution < -0.4 is 15.4 Å². The summed E-state index contributed by atoms with van der Waals surface area (Å²) >= 11 is 0. The van der Waals surface area contributed by atoms with Gasteiger partial charge in [0.05, 0.1) is 18.4 Å². The molecule has 0 heterocycles. The first kappa shape index (κ1) is 19.5. The summed E-state index contributed by atoms with van der Waals surface area (Å²) in [6.07, 6.45) is 1.10. The third kappa shape index (κ3) is 5.89. The van der Waals surface area contributed by atoms with Gasteiger partial charge in [-0.15, -0.1) is 0 Å². The second kappa shape index (κ2) is 10.2. The molecule has 0 saturated heterocycles. The molecule has 0 unspecified atom stereocenters. The first-order valence-corrected chi connectivity index (χ1v) is 8.47. The molecule has 2 N–H and O–H groups in total. The lowest BCUT2D eigenvalue weighted by Gasteiger charge is -2.14. The molecule has 0 aromatic heterocycles. The molecule has 0 aliphatic rings. The predicted molar refractivity (Wildman–Crippen MR) is 100 cm³/mol. The molecule has 6 nitrogen and oxygen atoms in total. The molecule has 0 atom stereocenters. The van der Waals surface area contributed by atoms with Crippen LogP contribution in [0.3, 0.4) is 0 Å². The van der Waals surface area contributed by atoms with Crippen molar-refractivity contribution in [1.82, 2.24) is 5.32 Å². The Kier molecular flexibility index (Phi) is 7.64. The summed E-state index contributed by atoms with van der Waals surface area (Å²) in [4.78, 5) is 23.9. The normalized spacial score (nSPS) is 10.2. The average molecular weight is 356 g/mol. The topological polar surface area (TPSA) is 76.7 Å². The van der Waals surface area contributed by atoms with E-state index in [1.807, 2.05) is 37.4 Å². The van der Waals surface area contributed by atoms with E-state index in [0.29, 0.717) is 30.0 Å². The number of amides is 1. The highest BCUT2D eigenvalue weighted by Crippen LogP contribution is 2.27. The Morgan fingerprint density at radius 1 is 1.08 bits per heavy atom. The van der Waals surface area contributed by atoms with E-state index in [1.54, 1.807) is 18.2 Å². The van der Waals surface area contributed by atoms with Gasteiger partial charge in [-0.3, -0.25) is 4.79 Å². The van der Waals surface area contributed by atoms with Crippen LogP contribution in [0.4, 0.5) is 5.69 Å². The predicted octanol–water partition coefficient (Wildman–Crippen LogP) is 2.99. The highest BCUT2D eigenvalue weighted by Gasteiger charge is 2.13. The second-order valence-electron chi connectivity index (χ2n) is 5.73. The van der Waals surface area contributed by atoms with Crippen molar-refractivity contribution in [3.63, 3.8) is 0 Å². The first-order chi connectivity index (χ1) is 12.6. The number of nitrogens with one attached hydrogen (secondary N) is 2. The van der Waals surface area contributed by atoms with Crippen LogP contribution in [0.1, 0.15) is 28.8 Å². The lowest BCUT2D eigenvalue weighted by Crippen LogP contribution is -2.16. The number of hydrogen-bond donors (Lipinski definition) is 2. The van der Waals surface area contributed by atoms with Crippen LogP contribution in [0.25, 0.3) is 0 Å². The number of ether oxygens (including phenoxy) is 2. The van der Waals surface area contributed by atoms with Crippen LogP contribution >= 0.6 is 0 Å². The Morgan fingerprint density at radius 3 is 2.54 bits per heavy atom. The van der Waals surface area contributed by atoms with Crippen LogP contribution in [0, 0.1) is 0 Å². The van der Waals surface area contributed by atoms with Crippen molar-refractivity contribution < 1.29 is 19.1 Å². The third-order valence-electron chi connectivity index (χ3n) is 3.74. The molecule has 26 heavy (non-hydrogen) atoms. The minimum atomic E-state index is -0.467. The van der Waals surface area contributed by atoms with Gasteiger partial charge in [-0.2, -0.15) is 0 Å². The molecule has 0 saturated carbocycles. The van der Waals surface area contributed by atoms with E-state index in [-0.39, 0.29) is 5.91 Å². The lowest BCUT2D eigenvalue weighted by atomic mass is 10.1. The van der Waals surface area contributed by atoms with Gasteiger partial charge < -0.3 is 20.1 Å². The lowest BCUT2D eigenvalue weighted by molar-refractivity contribution is -0.116. The van der Waals surface area contributed by atoms with Crippen molar-refractivity contribution in [3.8, 4) is 5.75 Å². The quantitative estimate of drug-likeness (QED) is 0.534. The molecule has 0 fully saturated rings. The van der Waals surface area contributed by atoms with Gasteiger partial charge in [0.25, 0.3) is 0 Å². The Hall–Kier alpha value is -2.86. The van der Waals surface area contributed by atoms with Crippen molar-refractivity contribution in [2.75, 3.05) is 26.0 Å². The average Bonchev–Trinajstić information content (AvgIpc) is 2.67. The molecule has 0 radical (unpaired) electrons. The van der Waals surface area contributed by atoms with E-state index in [4.69, 9.17) is 9.47 Å². The van der Waals surface area contributed by atoms with Crippen molar-refractivity contribution >= 4 is 17.6 Å². The van der Waals surface area contributed by atoms with Crippen molar-refractivity contribution in [2.24, 2.45) is 0 Å². The van der Waals surface area contributed by atoms with Gasteiger partial charge in [0, 0.05) is 6.42 Å². The van der Waals surface area contributed by atoms with E-state index in [2.05, 4.69) is 10.6 Å². The van der Waals surface area contributed by atoms with Gasteiger partial charge in [0.1, 0.15) is 12.4 Å². The molecular formula is C20H24N2O4. The van der Waals surface area contributed by atoms with Gasteiger partial charge in [0.2, 0.25) is 5.91 Å². The minimum absolute atomic E-state index is 0.133. The maximum atomic E-state index is 12.2. The van der Waals surface area contributed by atoms with E-state index in [0.717, 1.165) is 18.5 Å². The number of esters is 1. The number of hydrogen-bond acceptors (Lipinski definition) is 5. The highest BCUT2D eigenvalue weighted by atomic mass is 16.5.